The van der Waals surface area contributed by atoms with Gasteiger partial charge in [0, 0.05) is 0 Å². The highest BCUT2D eigenvalue weighted by Gasteiger charge is 2.22. The predicted molar refractivity (Wildman–Crippen MR) is 84.2 cm³/mol. The van der Waals surface area contributed by atoms with E-state index in [1.807, 2.05) is 24.4 Å². The Balaban J connectivity index is 1.54. The van der Waals surface area contributed by atoms with Crippen molar-refractivity contribution in [2.24, 2.45) is 0 Å². The molecule has 0 saturated heterocycles. The van der Waals surface area contributed by atoms with E-state index in [1.54, 1.807) is 6.26 Å². The fourth-order valence-corrected chi connectivity index (χ4v) is 3.11. The van der Waals surface area contributed by atoms with Crippen LogP contribution in [0.3, 0.4) is 0 Å². The lowest BCUT2D eigenvalue weighted by Crippen LogP contribution is -2.87. The number of nitrogens with two attached hydrogens (primary N) is 1. The Hall–Kier alpha value is -2.07. The molecule has 0 fully saturated rings. The molecule has 1 aliphatic rings. The van der Waals surface area contributed by atoms with Crippen LogP contribution >= 0.6 is 0 Å². The molecule has 1 aliphatic carbocycles. The van der Waals surface area contributed by atoms with Crippen molar-refractivity contribution in [1.82, 2.24) is 5.32 Å². The van der Waals surface area contributed by atoms with Crippen molar-refractivity contribution >= 4 is 5.91 Å². The number of fused-ring (bicyclic) bond motifs is 1. The van der Waals surface area contributed by atoms with E-state index in [-0.39, 0.29) is 18.0 Å². The lowest BCUT2D eigenvalue weighted by Gasteiger charge is -2.26. The number of nitrogens with one attached hydrogen (secondary N) is 1. The molecule has 4 heteroatoms. The van der Waals surface area contributed by atoms with Crippen LogP contribution in [0.4, 0.5) is 0 Å². The zero-order valence-electron chi connectivity index (χ0n) is 12.9. The normalized spacial score (nSPS) is 18.5. The summed E-state index contributed by atoms with van der Waals surface area (Å²) in [4.78, 5) is 12.2. The van der Waals surface area contributed by atoms with Gasteiger partial charge in [0.2, 0.25) is 0 Å². The molecule has 3 rings (SSSR count). The largest absolute Gasteiger partial charge is 0.463 e. The molecule has 2 atom stereocenters. The summed E-state index contributed by atoms with van der Waals surface area (Å²) in [5, 5.41) is 5.18. The van der Waals surface area contributed by atoms with Gasteiger partial charge in [-0.25, -0.2) is 0 Å². The molecule has 4 nitrogen and oxygen atoms in total. The van der Waals surface area contributed by atoms with Crippen LogP contribution in [0, 0.1) is 0 Å². The molecule has 116 valence electrons. The maximum Gasteiger partial charge on any atom is 0.275 e. The number of hydrogen-bond donors (Lipinski definition) is 2. The highest BCUT2D eigenvalue weighted by atomic mass is 16.3. The highest BCUT2D eigenvalue weighted by Crippen LogP contribution is 2.29. The predicted octanol–water partition coefficient (Wildman–Crippen LogP) is 2.10. The summed E-state index contributed by atoms with van der Waals surface area (Å²) >= 11 is 0. The Morgan fingerprint density at radius 3 is 3.05 bits per heavy atom. The number of carbonyl (C=O) groups excluding carboxylic acids is 1. The van der Waals surface area contributed by atoms with Crippen LogP contribution in [0.15, 0.2) is 47.1 Å². The number of carbonyl (C=O) groups is 1. The Bertz CT molecular complexity index is 622. The van der Waals surface area contributed by atoms with Crippen molar-refractivity contribution in [2.75, 3.05) is 6.54 Å². The van der Waals surface area contributed by atoms with Gasteiger partial charge in [0.15, 0.2) is 12.3 Å². The number of benzene rings is 1. The third kappa shape index (κ3) is 3.39. The quantitative estimate of drug-likeness (QED) is 0.888. The third-order valence-corrected chi connectivity index (χ3v) is 4.35. The first-order valence-electron chi connectivity index (χ1n) is 7.98. The minimum absolute atomic E-state index is 0.0834. The van der Waals surface area contributed by atoms with Crippen molar-refractivity contribution in [2.45, 2.75) is 38.3 Å². The van der Waals surface area contributed by atoms with Gasteiger partial charge in [-0.2, -0.15) is 0 Å². The second kappa shape index (κ2) is 6.79. The van der Waals surface area contributed by atoms with Crippen molar-refractivity contribution in [3.63, 3.8) is 0 Å². The smallest absolute Gasteiger partial charge is 0.275 e. The summed E-state index contributed by atoms with van der Waals surface area (Å²) in [5.41, 5.74) is 2.65. The summed E-state index contributed by atoms with van der Waals surface area (Å²) in [7, 11) is 0. The van der Waals surface area contributed by atoms with E-state index in [0.29, 0.717) is 6.54 Å². The third-order valence-electron chi connectivity index (χ3n) is 4.35. The molecule has 1 aromatic heterocycles. The van der Waals surface area contributed by atoms with E-state index in [2.05, 4.69) is 29.6 Å². The number of hydrogen-bond acceptors (Lipinski definition) is 2. The fourth-order valence-electron chi connectivity index (χ4n) is 3.11. The van der Waals surface area contributed by atoms with Gasteiger partial charge in [-0.1, -0.05) is 24.3 Å². The van der Waals surface area contributed by atoms with Crippen molar-refractivity contribution in [3.8, 4) is 0 Å². The Kier molecular flexibility index (Phi) is 4.59. The van der Waals surface area contributed by atoms with Crippen molar-refractivity contribution in [3.05, 3.63) is 59.5 Å². The molecular formula is C18H23N2O2+. The first-order chi connectivity index (χ1) is 10.7. The number of aryl methyl sites for hydroxylation is 1. The maximum atomic E-state index is 12.2. The molecule has 0 radical (unpaired) electrons. The van der Waals surface area contributed by atoms with Crippen molar-refractivity contribution in [1.29, 1.82) is 0 Å². The highest BCUT2D eigenvalue weighted by molar-refractivity contribution is 5.77. The molecule has 0 saturated carbocycles. The summed E-state index contributed by atoms with van der Waals surface area (Å²) < 4.78 is 5.36. The van der Waals surface area contributed by atoms with Crippen LogP contribution in [0.1, 0.15) is 48.7 Å². The topological polar surface area (TPSA) is 58.9 Å². The molecule has 1 amide bonds. The molecule has 0 unspecified atom stereocenters. The van der Waals surface area contributed by atoms with Gasteiger partial charge in [-0.05, 0) is 49.4 Å². The Morgan fingerprint density at radius 1 is 1.36 bits per heavy atom. The first kappa shape index (κ1) is 14.9. The Labute approximate surface area is 130 Å². The number of furan rings is 1. The molecule has 2 aromatic rings. The first-order valence-corrected chi connectivity index (χ1v) is 7.98. The number of rotatable bonds is 5. The van der Waals surface area contributed by atoms with Gasteiger partial charge in [-0.15, -0.1) is 0 Å². The monoisotopic (exact) mass is 299 g/mol. The van der Waals surface area contributed by atoms with E-state index in [1.165, 1.54) is 11.1 Å². The van der Waals surface area contributed by atoms with Gasteiger partial charge in [-0.3, -0.25) is 4.79 Å². The van der Waals surface area contributed by atoms with E-state index in [0.717, 1.165) is 25.0 Å². The summed E-state index contributed by atoms with van der Waals surface area (Å²) in [6.45, 7) is 2.46. The average molecular weight is 299 g/mol. The van der Waals surface area contributed by atoms with E-state index in [9.17, 15) is 4.79 Å². The van der Waals surface area contributed by atoms with Crippen LogP contribution in [0.25, 0.3) is 0 Å². The van der Waals surface area contributed by atoms with Gasteiger partial charge in [0.05, 0.1) is 12.3 Å². The molecule has 1 aromatic carbocycles. The molecule has 3 N–H and O–H groups in total. The van der Waals surface area contributed by atoms with Gasteiger partial charge in [0.1, 0.15) is 6.04 Å². The van der Waals surface area contributed by atoms with Crippen LogP contribution < -0.4 is 10.6 Å². The van der Waals surface area contributed by atoms with Gasteiger partial charge < -0.3 is 15.1 Å². The van der Waals surface area contributed by atoms with Gasteiger partial charge >= 0.3 is 0 Å². The SMILES string of the molecule is C[C@@H]([NH2+]CC(=O)N[C@H]1CCCc2ccccc21)c1ccco1. The molecule has 0 bridgehead atoms. The summed E-state index contributed by atoms with van der Waals surface area (Å²) in [6, 6.07) is 12.5. The lowest BCUT2D eigenvalue weighted by molar-refractivity contribution is -0.684. The molecule has 1 heterocycles. The summed E-state index contributed by atoms with van der Waals surface area (Å²) in [6.07, 6.45) is 4.94. The van der Waals surface area contributed by atoms with Crippen LogP contribution in [-0.2, 0) is 11.2 Å². The van der Waals surface area contributed by atoms with Crippen LogP contribution in [0.5, 0.6) is 0 Å². The fraction of sp³-hybridized carbons (Fsp3) is 0.389. The van der Waals surface area contributed by atoms with E-state index < -0.39 is 0 Å². The minimum atomic E-state index is 0.0834. The summed E-state index contributed by atoms with van der Waals surface area (Å²) in [5.74, 6) is 0.982. The molecule has 22 heavy (non-hydrogen) atoms. The number of amides is 1. The lowest BCUT2D eigenvalue weighted by atomic mass is 9.88. The zero-order chi connectivity index (χ0) is 15.4. The van der Waals surface area contributed by atoms with Crippen LogP contribution in [0.2, 0.25) is 0 Å². The molecule has 0 aliphatic heterocycles. The maximum absolute atomic E-state index is 12.2. The van der Waals surface area contributed by atoms with Crippen LogP contribution in [-0.4, -0.2) is 12.5 Å². The molecular weight excluding hydrogens is 276 g/mol. The minimum Gasteiger partial charge on any atom is -0.463 e. The van der Waals surface area contributed by atoms with E-state index >= 15 is 0 Å². The Morgan fingerprint density at radius 2 is 2.23 bits per heavy atom. The standard InChI is InChI=1S/C18H22N2O2/c1-13(17-10-5-11-22-17)19-12-18(21)20-16-9-4-7-14-6-2-3-8-15(14)16/h2-3,5-6,8,10-11,13,16,19H,4,7,9,12H2,1H3,(H,20,21)/p+1/t13-,16+/m1/s1. The second-order valence-electron chi connectivity index (χ2n) is 5.96. The number of quaternary nitrogens is 1. The van der Waals surface area contributed by atoms with E-state index in [4.69, 9.17) is 4.42 Å². The van der Waals surface area contributed by atoms with Gasteiger partial charge in [0.25, 0.3) is 5.91 Å². The second-order valence-corrected chi connectivity index (χ2v) is 5.96. The zero-order valence-corrected chi connectivity index (χ0v) is 12.9. The average Bonchev–Trinajstić information content (AvgIpc) is 3.07. The molecule has 0 spiro atoms. The van der Waals surface area contributed by atoms with Crippen molar-refractivity contribution < 1.29 is 14.5 Å².